The maximum atomic E-state index is 14.0. The molecule has 41 heavy (non-hydrogen) atoms. The molecule has 1 saturated heterocycles. The molecule has 5 rings (SSSR count). The van der Waals surface area contributed by atoms with Gasteiger partial charge in [0, 0.05) is 23.4 Å². The molecule has 7 heteroatoms. The number of rotatable bonds is 5. The fraction of sp³-hybridized carbons (Fsp3) is 0.500. The Labute approximate surface area is 246 Å². The smallest absolute Gasteiger partial charge is 0.272 e. The van der Waals surface area contributed by atoms with Crippen molar-refractivity contribution in [2.24, 2.45) is 10.8 Å². The summed E-state index contributed by atoms with van der Waals surface area (Å²) >= 11 is 0. The summed E-state index contributed by atoms with van der Waals surface area (Å²) in [6.07, 6.45) is 2.44. The molecule has 0 bridgehead atoms. The number of H-pyrrole nitrogens is 1. The van der Waals surface area contributed by atoms with Crippen molar-refractivity contribution in [1.29, 1.82) is 5.26 Å². The van der Waals surface area contributed by atoms with Crippen LogP contribution in [0.3, 0.4) is 0 Å². The van der Waals surface area contributed by atoms with Crippen LogP contribution in [0, 0.1) is 22.3 Å². The molecular formula is C34H47N5O2. The van der Waals surface area contributed by atoms with Crippen LogP contribution in [-0.2, 0) is 0 Å². The predicted molar refractivity (Wildman–Crippen MR) is 166 cm³/mol. The fourth-order valence-electron chi connectivity index (χ4n) is 8.44. The molecule has 1 N–H and O–H groups in total. The standard InChI is InChI=1S/C30H35N5O2.2C2H6/c1-26(2)29(7)27(3,4)35(19-31)28(5,6)30(26,29)34(8)25(36)23-18-22(32-33-23)21-16-12-13-17-24(21)37-20-14-10-9-11-15-20;2*1-2/h9-18H,1-8H3,(H,32,33);2*1-2H3/t29-,30-;;/m0../s1. The molecule has 7 nitrogen and oxygen atoms in total. The lowest BCUT2D eigenvalue weighted by Gasteiger charge is -2.48. The summed E-state index contributed by atoms with van der Waals surface area (Å²) in [5.41, 5.74) is -0.290. The summed E-state index contributed by atoms with van der Waals surface area (Å²) in [4.78, 5) is 17.8. The molecule has 1 aliphatic heterocycles. The van der Waals surface area contributed by atoms with Crippen molar-refractivity contribution in [1.82, 2.24) is 20.0 Å². The number of hydrogen-bond donors (Lipinski definition) is 1. The SMILES string of the molecule is CC.CC.CN(C(=O)c1cc(-c2ccccc2Oc2ccccc2)n[nH]1)[C@@]12C(C)(C)N(C#N)C(C)(C)[C@]1(C)C2(C)C. The van der Waals surface area contributed by atoms with E-state index < -0.39 is 16.6 Å². The molecule has 220 valence electrons. The Kier molecular flexibility index (Phi) is 8.43. The normalized spacial score (nSPS) is 23.9. The Bertz CT molecular complexity index is 1420. The minimum Gasteiger partial charge on any atom is -0.457 e. The van der Waals surface area contributed by atoms with Crippen LogP contribution < -0.4 is 4.74 Å². The van der Waals surface area contributed by atoms with Crippen LogP contribution in [0.4, 0.5) is 0 Å². The molecule has 2 aromatic carbocycles. The van der Waals surface area contributed by atoms with E-state index in [0.29, 0.717) is 17.1 Å². The third-order valence-electron chi connectivity index (χ3n) is 9.89. The molecule has 0 spiro atoms. The molecule has 2 heterocycles. The number of carbonyl (C=O) groups excluding carboxylic acids is 1. The Morgan fingerprint density at radius 2 is 1.46 bits per heavy atom. The van der Waals surface area contributed by atoms with Crippen LogP contribution in [0.1, 0.15) is 86.6 Å². The number of carbonyl (C=O) groups is 1. The lowest BCUT2D eigenvalue weighted by atomic mass is 9.79. The number of likely N-dealkylation sites (tertiary alicyclic amines) is 1. The van der Waals surface area contributed by atoms with Crippen LogP contribution in [-0.4, -0.2) is 49.6 Å². The first kappa shape index (κ1) is 31.7. The van der Waals surface area contributed by atoms with Gasteiger partial charge in [0.15, 0.2) is 6.19 Å². The first-order chi connectivity index (χ1) is 19.3. The topological polar surface area (TPSA) is 85.2 Å². The summed E-state index contributed by atoms with van der Waals surface area (Å²) in [7, 11) is 1.86. The maximum absolute atomic E-state index is 14.0. The van der Waals surface area contributed by atoms with Gasteiger partial charge in [-0.15, -0.1) is 0 Å². The van der Waals surface area contributed by atoms with Crippen molar-refractivity contribution in [3.05, 3.63) is 66.4 Å². The zero-order valence-electron chi connectivity index (χ0n) is 26.9. The second-order valence-electron chi connectivity index (χ2n) is 12.0. The number of fused-ring (bicyclic) bond motifs is 1. The molecule has 3 aromatic rings. The molecular weight excluding hydrogens is 510 g/mol. The van der Waals surface area contributed by atoms with Gasteiger partial charge in [-0.2, -0.15) is 10.4 Å². The molecule has 2 atom stereocenters. The van der Waals surface area contributed by atoms with Crippen molar-refractivity contribution in [2.75, 3.05) is 7.05 Å². The number of nitrogens with one attached hydrogen (secondary N) is 1. The van der Waals surface area contributed by atoms with Crippen molar-refractivity contribution >= 4 is 5.91 Å². The summed E-state index contributed by atoms with van der Waals surface area (Å²) in [6.45, 7) is 23.0. The zero-order chi connectivity index (χ0) is 31.0. The van der Waals surface area contributed by atoms with Gasteiger partial charge in [0.05, 0.1) is 22.3 Å². The highest BCUT2D eigenvalue weighted by atomic mass is 16.5. The Morgan fingerprint density at radius 1 is 0.902 bits per heavy atom. The molecule has 2 aliphatic rings. The van der Waals surface area contributed by atoms with Crippen LogP contribution in [0.15, 0.2) is 60.7 Å². The quantitative estimate of drug-likeness (QED) is 0.320. The Morgan fingerprint density at radius 3 is 2.05 bits per heavy atom. The number of nitriles is 1. The van der Waals surface area contributed by atoms with Crippen molar-refractivity contribution in [2.45, 2.75) is 92.8 Å². The van der Waals surface area contributed by atoms with E-state index in [1.165, 1.54) is 0 Å². The van der Waals surface area contributed by atoms with Crippen molar-refractivity contribution in [3.8, 4) is 28.9 Å². The number of piperidine rings is 1. The average molecular weight is 558 g/mol. The Hall–Kier alpha value is -3.79. The number of nitrogens with zero attached hydrogens (tertiary/aromatic N) is 4. The van der Waals surface area contributed by atoms with E-state index in [0.717, 1.165) is 11.3 Å². The van der Waals surface area contributed by atoms with Gasteiger partial charge in [-0.1, -0.05) is 78.8 Å². The highest BCUT2D eigenvalue weighted by Gasteiger charge is 2.96. The number of para-hydroxylation sites is 2. The minimum atomic E-state index is -0.577. The molecule has 0 unspecified atom stereocenters. The third kappa shape index (κ3) is 3.98. The van der Waals surface area contributed by atoms with E-state index in [4.69, 9.17) is 4.74 Å². The average Bonchev–Trinajstić information content (AvgIpc) is 3.24. The Balaban J connectivity index is 0.00000111. The summed E-state index contributed by atoms with van der Waals surface area (Å²) in [5.74, 6) is 1.23. The van der Waals surface area contributed by atoms with Gasteiger partial charge >= 0.3 is 0 Å². The largest absolute Gasteiger partial charge is 0.457 e. The van der Waals surface area contributed by atoms with Crippen LogP contribution in [0.2, 0.25) is 0 Å². The second-order valence-corrected chi connectivity index (χ2v) is 12.0. The molecule has 1 aliphatic carbocycles. The van der Waals surface area contributed by atoms with Crippen LogP contribution >= 0.6 is 0 Å². The number of likely N-dealkylation sites (N-methyl/N-ethyl adjacent to an activating group) is 1. The van der Waals surface area contributed by atoms with Crippen LogP contribution in [0.25, 0.3) is 11.3 Å². The molecule has 2 fully saturated rings. The maximum Gasteiger partial charge on any atom is 0.272 e. The van der Waals surface area contributed by atoms with E-state index in [1.54, 1.807) is 6.07 Å². The molecule has 1 aromatic heterocycles. The van der Waals surface area contributed by atoms with Gasteiger partial charge in [-0.25, -0.2) is 0 Å². The lowest BCUT2D eigenvalue weighted by molar-refractivity contribution is 0.0133. The van der Waals surface area contributed by atoms with Gasteiger partial charge in [0.2, 0.25) is 0 Å². The third-order valence-corrected chi connectivity index (χ3v) is 9.89. The van der Waals surface area contributed by atoms with E-state index in [1.807, 2.05) is 99.1 Å². The summed E-state index contributed by atoms with van der Waals surface area (Å²) in [5, 5.41) is 17.6. The first-order valence-electron chi connectivity index (χ1n) is 14.7. The van der Waals surface area contributed by atoms with Gasteiger partial charge in [-0.3, -0.25) is 14.8 Å². The number of aromatic amines is 1. The lowest BCUT2D eigenvalue weighted by Crippen LogP contribution is -2.61. The predicted octanol–water partition coefficient (Wildman–Crippen LogP) is 8.13. The van der Waals surface area contributed by atoms with Crippen LogP contribution in [0.5, 0.6) is 11.5 Å². The van der Waals surface area contributed by atoms with E-state index >= 15 is 0 Å². The highest BCUT2D eigenvalue weighted by molar-refractivity contribution is 5.95. The highest BCUT2D eigenvalue weighted by Crippen LogP contribution is 2.86. The van der Waals surface area contributed by atoms with Gasteiger partial charge in [0.25, 0.3) is 5.91 Å². The monoisotopic (exact) mass is 557 g/mol. The zero-order valence-corrected chi connectivity index (χ0v) is 26.9. The molecule has 1 amide bonds. The van der Waals surface area contributed by atoms with E-state index in [9.17, 15) is 10.1 Å². The number of ether oxygens (including phenoxy) is 1. The van der Waals surface area contributed by atoms with Crippen molar-refractivity contribution in [3.63, 3.8) is 0 Å². The van der Waals surface area contributed by atoms with Gasteiger partial charge < -0.3 is 9.64 Å². The number of amides is 1. The fourth-order valence-corrected chi connectivity index (χ4v) is 8.44. The second kappa shape index (κ2) is 10.9. The van der Waals surface area contributed by atoms with Gasteiger partial charge in [-0.05, 0) is 58.0 Å². The molecule has 0 radical (unpaired) electrons. The summed E-state index contributed by atoms with van der Waals surface area (Å²) in [6, 6.07) is 19.0. The van der Waals surface area contributed by atoms with E-state index in [2.05, 4.69) is 64.9 Å². The number of benzene rings is 2. The number of aromatic nitrogens is 2. The first-order valence-corrected chi connectivity index (χ1v) is 14.7. The minimum absolute atomic E-state index is 0.152. The number of hydrogen-bond acceptors (Lipinski definition) is 5. The van der Waals surface area contributed by atoms with Gasteiger partial charge in [0.1, 0.15) is 17.2 Å². The van der Waals surface area contributed by atoms with Crippen molar-refractivity contribution < 1.29 is 9.53 Å². The molecule has 1 saturated carbocycles. The van der Waals surface area contributed by atoms with E-state index in [-0.39, 0.29) is 16.7 Å². The summed E-state index contributed by atoms with van der Waals surface area (Å²) < 4.78 is 6.11.